The zero-order chi connectivity index (χ0) is 21.7. The highest BCUT2D eigenvalue weighted by Gasteiger charge is 2.35. The Morgan fingerprint density at radius 2 is 1.93 bits per heavy atom. The molecule has 1 fully saturated rings. The number of carbonyl (C=O) groups excluding carboxylic acids is 4. The summed E-state index contributed by atoms with van der Waals surface area (Å²) < 4.78 is 0. The second-order valence-corrected chi connectivity index (χ2v) is 8.55. The van der Waals surface area contributed by atoms with Crippen molar-refractivity contribution in [2.24, 2.45) is 5.92 Å². The molecule has 0 aliphatic carbocycles. The van der Waals surface area contributed by atoms with Crippen molar-refractivity contribution in [2.45, 2.75) is 26.8 Å². The number of nitrogens with zero attached hydrogens (tertiary/aromatic N) is 1. The van der Waals surface area contributed by atoms with E-state index in [0.717, 1.165) is 16.7 Å². The Balaban J connectivity index is 1.99. The zero-order valence-corrected chi connectivity index (χ0v) is 18.5. The van der Waals surface area contributed by atoms with Gasteiger partial charge in [-0.1, -0.05) is 43.1 Å². The topological polar surface area (TPSA) is 95.6 Å². The summed E-state index contributed by atoms with van der Waals surface area (Å²) in [5.41, 5.74) is 0.574. The third-order valence-corrected chi connectivity index (χ3v) is 5.54. The predicted molar refractivity (Wildman–Crippen MR) is 115 cm³/mol. The van der Waals surface area contributed by atoms with Crippen LogP contribution in [0.25, 0.3) is 6.08 Å². The van der Waals surface area contributed by atoms with Gasteiger partial charge < -0.3 is 10.6 Å². The summed E-state index contributed by atoms with van der Waals surface area (Å²) >= 11 is 12.8. The molecule has 0 radical (unpaired) electrons. The van der Waals surface area contributed by atoms with Crippen LogP contribution in [0.4, 0.5) is 4.79 Å². The van der Waals surface area contributed by atoms with Gasteiger partial charge in [-0.2, -0.15) is 0 Å². The van der Waals surface area contributed by atoms with Gasteiger partial charge in [0.25, 0.3) is 11.1 Å². The highest BCUT2D eigenvalue weighted by molar-refractivity contribution is 8.18. The molecule has 1 aliphatic rings. The lowest BCUT2D eigenvalue weighted by Crippen LogP contribution is -2.50. The SMILES string of the molecule is CC(=O)NC(C(=O)NCCN1C(=O)S/C(=C\c2ccc(Cl)cc2Cl)C1=O)C(C)C. The molecule has 1 aromatic carbocycles. The van der Waals surface area contributed by atoms with Crippen LogP contribution in [0.3, 0.4) is 0 Å². The van der Waals surface area contributed by atoms with E-state index in [-0.39, 0.29) is 35.7 Å². The summed E-state index contributed by atoms with van der Waals surface area (Å²) in [5.74, 6) is -1.24. The van der Waals surface area contributed by atoms with Crippen LogP contribution in [0.1, 0.15) is 26.3 Å². The highest BCUT2D eigenvalue weighted by Crippen LogP contribution is 2.33. The van der Waals surface area contributed by atoms with E-state index in [4.69, 9.17) is 23.2 Å². The van der Waals surface area contributed by atoms with Gasteiger partial charge in [-0.05, 0) is 41.5 Å². The highest BCUT2D eigenvalue weighted by atomic mass is 35.5. The van der Waals surface area contributed by atoms with Crippen LogP contribution in [-0.4, -0.2) is 47.0 Å². The molecule has 1 heterocycles. The average Bonchev–Trinajstić information content (AvgIpc) is 2.88. The van der Waals surface area contributed by atoms with Crippen LogP contribution < -0.4 is 10.6 Å². The van der Waals surface area contributed by atoms with E-state index in [1.807, 2.05) is 13.8 Å². The Labute approximate surface area is 183 Å². The predicted octanol–water partition coefficient (Wildman–Crippen LogP) is 3.31. The molecule has 1 atom stereocenters. The maximum Gasteiger partial charge on any atom is 0.293 e. The number of hydrogen-bond acceptors (Lipinski definition) is 5. The van der Waals surface area contributed by atoms with Crippen molar-refractivity contribution in [3.63, 3.8) is 0 Å². The first-order chi connectivity index (χ1) is 13.6. The van der Waals surface area contributed by atoms with E-state index >= 15 is 0 Å². The van der Waals surface area contributed by atoms with Crippen LogP contribution in [-0.2, 0) is 14.4 Å². The molecule has 2 rings (SSSR count). The van der Waals surface area contributed by atoms with Gasteiger partial charge in [0.15, 0.2) is 0 Å². The van der Waals surface area contributed by atoms with Gasteiger partial charge in [-0.25, -0.2) is 0 Å². The normalized spacial score (nSPS) is 16.5. The Bertz CT molecular complexity index is 873. The van der Waals surface area contributed by atoms with Gasteiger partial charge in [-0.15, -0.1) is 0 Å². The zero-order valence-electron chi connectivity index (χ0n) is 16.1. The summed E-state index contributed by atoms with van der Waals surface area (Å²) in [7, 11) is 0. The van der Waals surface area contributed by atoms with Crippen LogP contribution in [0.5, 0.6) is 0 Å². The smallest absolute Gasteiger partial charge is 0.293 e. The maximum atomic E-state index is 12.5. The number of halogens is 2. The van der Waals surface area contributed by atoms with Gasteiger partial charge in [0.1, 0.15) is 6.04 Å². The van der Waals surface area contributed by atoms with Crippen LogP contribution >= 0.6 is 35.0 Å². The average molecular weight is 458 g/mol. The van der Waals surface area contributed by atoms with Crippen molar-refractivity contribution >= 4 is 64.0 Å². The van der Waals surface area contributed by atoms with Gasteiger partial charge in [0.05, 0.1) is 4.91 Å². The lowest BCUT2D eigenvalue weighted by molar-refractivity contribution is -0.129. The first-order valence-electron chi connectivity index (χ1n) is 8.85. The first kappa shape index (κ1) is 23.3. The molecule has 0 saturated carbocycles. The molecule has 29 heavy (non-hydrogen) atoms. The van der Waals surface area contributed by atoms with E-state index in [1.165, 1.54) is 13.0 Å². The van der Waals surface area contributed by atoms with Crippen LogP contribution in [0, 0.1) is 5.92 Å². The summed E-state index contributed by atoms with van der Waals surface area (Å²) in [6.07, 6.45) is 1.54. The maximum absolute atomic E-state index is 12.5. The van der Waals surface area contributed by atoms with Crippen molar-refractivity contribution < 1.29 is 19.2 Å². The molecule has 1 aliphatic heterocycles. The summed E-state index contributed by atoms with van der Waals surface area (Å²) in [5, 5.41) is 5.65. The molecule has 10 heteroatoms. The lowest BCUT2D eigenvalue weighted by Gasteiger charge is -2.21. The summed E-state index contributed by atoms with van der Waals surface area (Å²) in [6.45, 7) is 5.05. The van der Waals surface area contributed by atoms with E-state index < -0.39 is 17.2 Å². The number of carbonyl (C=O) groups is 4. The molecule has 0 aromatic heterocycles. The van der Waals surface area contributed by atoms with Gasteiger partial charge >= 0.3 is 0 Å². The van der Waals surface area contributed by atoms with E-state index in [2.05, 4.69) is 10.6 Å². The molecule has 0 bridgehead atoms. The molecule has 1 aromatic rings. The molecule has 7 nitrogen and oxygen atoms in total. The van der Waals surface area contributed by atoms with Gasteiger partial charge in [0.2, 0.25) is 11.8 Å². The van der Waals surface area contributed by atoms with E-state index in [9.17, 15) is 19.2 Å². The second-order valence-electron chi connectivity index (χ2n) is 6.71. The van der Waals surface area contributed by atoms with E-state index in [0.29, 0.717) is 15.6 Å². The Kier molecular flexibility index (Phi) is 8.13. The van der Waals surface area contributed by atoms with Gasteiger partial charge in [0, 0.05) is 30.1 Å². The number of hydrogen-bond donors (Lipinski definition) is 2. The fourth-order valence-electron chi connectivity index (χ4n) is 2.61. The number of rotatable bonds is 7. The number of nitrogens with one attached hydrogen (secondary N) is 2. The molecule has 156 valence electrons. The number of benzene rings is 1. The van der Waals surface area contributed by atoms with E-state index in [1.54, 1.807) is 18.2 Å². The summed E-state index contributed by atoms with van der Waals surface area (Å²) in [6, 6.07) is 4.16. The quantitative estimate of drug-likeness (QED) is 0.612. The standard InChI is InChI=1S/C19H21Cl2N3O4S/c1-10(2)16(23-11(3)25)17(26)22-6-7-24-18(27)15(29-19(24)28)8-12-4-5-13(20)9-14(12)21/h4-5,8-10,16H,6-7H2,1-3H3,(H,22,26)(H,23,25)/b15-8-. The number of imide groups is 1. The fraction of sp³-hybridized carbons (Fsp3) is 0.368. The van der Waals surface area contributed by atoms with Crippen LogP contribution in [0.2, 0.25) is 10.0 Å². The second kappa shape index (κ2) is 10.1. The molecular weight excluding hydrogens is 437 g/mol. The Morgan fingerprint density at radius 1 is 1.24 bits per heavy atom. The molecular formula is C19H21Cl2N3O4S. The van der Waals surface area contributed by atoms with Gasteiger partial charge in [-0.3, -0.25) is 24.1 Å². The molecule has 1 unspecified atom stereocenters. The lowest BCUT2D eigenvalue weighted by atomic mass is 10.0. The summed E-state index contributed by atoms with van der Waals surface area (Å²) in [4.78, 5) is 49.5. The minimum absolute atomic E-state index is 0.0208. The fourth-order valence-corrected chi connectivity index (χ4v) is 3.93. The third kappa shape index (κ3) is 6.22. The number of amides is 4. The minimum Gasteiger partial charge on any atom is -0.353 e. The molecule has 4 amide bonds. The van der Waals surface area contributed by atoms with Crippen molar-refractivity contribution in [1.29, 1.82) is 0 Å². The monoisotopic (exact) mass is 457 g/mol. The third-order valence-electron chi connectivity index (χ3n) is 4.07. The minimum atomic E-state index is -0.686. The Hall–Kier alpha value is -2.03. The molecule has 0 spiro atoms. The van der Waals surface area contributed by atoms with Crippen molar-refractivity contribution in [3.05, 3.63) is 38.7 Å². The number of thioether (sulfide) groups is 1. The van der Waals surface area contributed by atoms with Crippen molar-refractivity contribution in [2.75, 3.05) is 13.1 Å². The largest absolute Gasteiger partial charge is 0.353 e. The molecule has 1 saturated heterocycles. The molecule has 2 N–H and O–H groups in total. The first-order valence-corrected chi connectivity index (χ1v) is 10.4. The van der Waals surface area contributed by atoms with Crippen molar-refractivity contribution in [3.8, 4) is 0 Å². The van der Waals surface area contributed by atoms with Crippen LogP contribution in [0.15, 0.2) is 23.1 Å². The Morgan fingerprint density at radius 3 is 2.52 bits per heavy atom. The van der Waals surface area contributed by atoms with Crippen molar-refractivity contribution in [1.82, 2.24) is 15.5 Å².